The van der Waals surface area contributed by atoms with Crippen LogP contribution in [0.5, 0.6) is 0 Å². The van der Waals surface area contributed by atoms with Gasteiger partial charge in [0.1, 0.15) is 0 Å². The number of hydrogen-bond donors (Lipinski definition) is 0. The van der Waals surface area contributed by atoms with Crippen LogP contribution in [-0.4, -0.2) is 14.2 Å². The number of hydrogen-bond acceptors (Lipinski definition) is 2. The van der Waals surface area contributed by atoms with Gasteiger partial charge in [-0.3, -0.25) is 0 Å². The van der Waals surface area contributed by atoms with Crippen molar-refractivity contribution in [1.29, 1.82) is 0 Å². The van der Waals surface area contributed by atoms with E-state index in [2.05, 4.69) is 6.07 Å². The van der Waals surface area contributed by atoms with Crippen LogP contribution < -0.4 is 0 Å². The Morgan fingerprint density at radius 3 is 2.33 bits per heavy atom. The Balaban J connectivity index is 2.51. The van der Waals surface area contributed by atoms with Gasteiger partial charge in [-0.05, 0) is 11.6 Å². The highest BCUT2D eigenvalue weighted by molar-refractivity contribution is 5.15. The van der Waals surface area contributed by atoms with Crippen LogP contribution in [0.2, 0.25) is 0 Å². The summed E-state index contributed by atoms with van der Waals surface area (Å²) in [5.41, 5.74) is 1.16. The average Bonchev–Trinajstić information content (AvgIpc) is 2.16. The second-order valence-electron chi connectivity index (χ2n) is 2.37. The Bertz CT molecular complexity index is 204. The number of rotatable bonds is 4. The molecule has 0 amide bonds. The molecule has 12 heavy (non-hydrogen) atoms. The zero-order valence-electron chi connectivity index (χ0n) is 7.33. The van der Waals surface area contributed by atoms with Gasteiger partial charge in [-0.15, -0.1) is 0 Å². The lowest BCUT2D eigenvalue weighted by molar-refractivity contribution is 0.00267. The summed E-state index contributed by atoms with van der Waals surface area (Å²) in [7, 11) is 3.21. The molecule has 0 spiro atoms. The number of ether oxygens (including phenoxy) is 2. The second kappa shape index (κ2) is 4.91. The minimum atomic E-state index is 0.626. The van der Waals surface area contributed by atoms with E-state index in [0.29, 0.717) is 12.7 Å². The van der Waals surface area contributed by atoms with Crippen molar-refractivity contribution in [2.24, 2.45) is 0 Å². The smallest absolute Gasteiger partial charge is 0.227 e. The molecule has 0 atom stereocenters. The van der Waals surface area contributed by atoms with Crippen LogP contribution in [-0.2, 0) is 15.9 Å². The molecule has 0 heterocycles. The average molecular weight is 164 g/mol. The predicted molar refractivity (Wildman–Crippen MR) is 46.2 cm³/mol. The Hall–Kier alpha value is -0.860. The van der Waals surface area contributed by atoms with Gasteiger partial charge in [-0.25, -0.2) is 0 Å². The van der Waals surface area contributed by atoms with Crippen LogP contribution in [0.3, 0.4) is 0 Å². The van der Waals surface area contributed by atoms with Crippen LogP contribution in [0.4, 0.5) is 0 Å². The lowest BCUT2D eigenvalue weighted by Gasteiger charge is -2.10. The first kappa shape index (κ1) is 9.23. The van der Waals surface area contributed by atoms with E-state index in [1.54, 1.807) is 14.2 Å². The van der Waals surface area contributed by atoms with E-state index in [-0.39, 0.29) is 0 Å². The van der Waals surface area contributed by atoms with E-state index in [0.717, 1.165) is 5.56 Å². The van der Waals surface area contributed by atoms with Gasteiger partial charge >= 0.3 is 0 Å². The second-order valence-corrected chi connectivity index (χ2v) is 2.37. The van der Waals surface area contributed by atoms with E-state index in [1.165, 1.54) is 0 Å². The van der Waals surface area contributed by atoms with Crippen LogP contribution in [0.1, 0.15) is 5.56 Å². The number of benzene rings is 1. The van der Waals surface area contributed by atoms with E-state index in [4.69, 9.17) is 9.47 Å². The molecule has 2 heteroatoms. The molecule has 1 aromatic carbocycles. The first-order valence-electron chi connectivity index (χ1n) is 3.75. The van der Waals surface area contributed by atoms with Gasteiger partial charge in [0.15, 0.2) is 0 Å². The molecule has 0 aliphatic carbocycles. The molecule has 0 saturated carbocycles. The summed E-state index contributed by atoms with van der Waals surface area (Å²) in [5, 5.41) is 0. The molecule has 0 N–H and O–H groups in total. The molecule has 0 fully saturated rings. The highest BCUT2D eigenvalue weighted by Gasteiger charge is 2.07. The Morgan fingerprint density at radius 2 is 1.83 bits per heavy atom. The van der Waals surface area contributed by atoms with Gasteiger partial charge in [0, 0.05) is 20.6 Å². The summed E-state index contributed by atoms with van der Waals surface area (Å²) in [6, 6.07) is 10.7. The molecule has 0 aromatic heterocycles. The molecule has 1 rings (SSSR count). The topological polar surface area (TPSA) is 18.5 Å². The first-order chi connectivity index (χ1) is 5.86. The quantitative estimate of drug-likeness (QED) is 0.675. The third-order valence-electron chi connectivity index (χ3n) is 1.59. The summed E-state index contributed by atoms with van der Waals surface area (Å²) in [6.07, 6.45) is 1.32. The molecule has 1 aromatic rings. The fourth-order valence-corrected chi connectivity index (χ4v) is 0.934. The van der Waals surface area contributed by atoms with Crippen LogP contribution in [0.25, 0.3) is 0 Å². The molecule has 2 radical (unpaired) electrons. The third-order valence-corrected chi connectivity index (χ3v) is 1.59. The van der Waals surface area contributed by atoms with Gasteiger partial charge in [0.05, 0.1) is 0 Å². The van der Waals surface area contributed by atoms with Crippen molar-refractivity contribution in [1.82, 2.24) is 0 Å². The number of methoxy groups -OCH3 is 2. The Morgan fingerprint density at radius 1 is 1.25 bits per heavy atom. The third kappa shape index (κ3) is 2.64. The molecule has 0 aliphatic rings. The summed E-state index contributed by atoms with van der Waals surface area (Å²) in [5.74, 6) is 0. The Labute approximate surface area is 73.1 Å². The Kier molecular flexibility index (Phi) is 3.77. The molecule has 0 unspecified atom stereocenters. The molecule has 2 nitrogen and oxygen atoms in total. The van der Waals surface area contributed by atoms with E-state index in [1.807, 2.05) is 24.3 Å². The van der Waals surface area contributed by atoms with Gasteiger partial charge in [0.2, 0.25) is 6.29 Å². The molecular weight excluding hydrogens is 152 g/mol. The van der Waals surface area contributed by atoms with Crippen molar-refractivity contribution in [3.05, 3.63) is 42.2 Å². The maximum atomic E-state index is 4.99. The molecule has 0 saturated heterocycles. The first-order valence-corrected chi connectivity index (χ1v) is 3.75. The van der Waals surface area contributed by atoms with Crippen molar-refractivity contribution in [3.8, 4) is 0 Å². The summed E-state index contributed by atoms with van der Waals surface area (Å²) in [6.45, 7) is 0. The van der Waals surface area contributed by atoms with Crippen molar-refractivity contribution in [2.75, 3.05) is 14.2 Å². The van der Waals surface area contributed by atoms with Crippen molar-refractivity contribution in [3.63, 3.8) is 0 Å². The van der Waals surface area contributed by atoms with E-state index >= 15 is 0 Å². The monoisotopic (exact) mass is 164 g/mol. The lowest BCUT2D eigenvalue weighted by Crippen LogP contribution is -2.06. The normalized spacial score (nSPS) is 10.6. The summed E-state index contributed by atoms with van der Waals surface area (Å²) in [4.78, 5) is 0. The van der Waals surface area contributed by atoms with E-state index in [9.17, 15) is 0 Å². The zero-order valence-corrected chi connectivity index (χ0v) is 7.33. The summed E-state index contributed by atoms with van der Waals surface area (Å²) < 4.78 is 9.98. The highest BCUT2D eigenvalue weighted by Crippen LogP contribution is 2.10. The van der Waals surface area contributed by atoms with Crippen molar-refractivity contribution >= 4 is 0 Å². The van der Waals surface area contributed by atoms with Crippen molar-refractivity contribution < 1.29 is 9.47 Å². The molecular formula is C10H12O2. The van der Waals surface area contributed by atoms with Crippen LogP contribution >= 0.6 is 0 Å². The molecule has 64 valence electrons. The standard InChI is InChI=1S/C10H12O2/c1-11-10(12-2)8-9-6-4-3-5-7-9/h4-7H,8H2,1-2H3. The maximum Gasteiger partial charge on any atom is 0.227 e. The zero-order chi connectivity index (χ0) is 8.81. The largest absolute Gasteiger partial charge is 0.348 e. The fourth-order valence-electron chi connectivity index (χ4n) is 0.934. The van der Waals surface area contributed by atoms with Gasteiger partial charge in [0.25, 0.3) is 0 Å². The van der Waals surface area contributed by atoms with Gasteiger partial charge in [-0.2, -0.15) is 0 Å². The summed E-state index contributed by atoms with van der Waals surface area (Å²) >= 11 is 0. The predicted octanol–water partition coefficient (Wildman–Crippen LogP) is 1.81. The fraction of sp³-hybridized carbons (Fsp3) is 0.300. The highest BCUT2D eigenvalue weighted by atomic mass is 16.7. The van der Waals surface area contributed by atoms with Gasteiger partial charge in [-0.1, -0.05) is 24.3 Å². The van der Waals surface area contributed by atoms with Gasteiger partial charge < -0.3 is 9.47 Å². The molecule has 0 aliphatic heterocycles. The minimum absolute atomic E-state index is 0.626. The molecule has 0 bridgehead atoms. The lowest BCUT2D eigenvalue weighted by atomic mass is 10.1. The van der Waals surface area contributed by atoms with Crippen LogP contribution in [0, 0.1) is 12.4 Å². The van der Waals surface area contributed by atoms with Crippen LogP contribution in [0.15, 0.2) is 24.3 Å². The SMILES string of the molecule is CO[C](Cc1cc[c]cc1)OC. The maximum absolute atomic E-state index is 4.99. The van der Waals surface area contributed by atoms with E-state index < -0.39 is 0 Å². The van der Waals surface area contributed by atoms with Crippen molar-refractivity contribution in [2.45, 2.75) is 6.42 Å². The minimum Gasteiger partial charge on any atom is -0.348 e.